The minimum absolute atomic E-state index is 0.00248. The van der Waals surface area contributed by atoms with Crippen LogP contribution in [0.4, 0.5) is 14.9 Å². The number of halogens is 2. The van der Waals surface area contributed by atoms with E-state index in [9.17, 15) is 14.0 Å². The van der Waals surface area contributed by atoms with Crippen molar-refractivity contribution in [2.24, 2.45) is 0 Å². The minimum Gasteiger partial charge on any atom is -0.447 e. The highest BCUT2D eigenvalue weighted by atomic mass is 35.5. The van der Waals surface area contributed by atoms with Crippen molar-refractivity contribution in [1.29, 1.82) is 0 Å². The zero-order valence-corrected chi connectivity index (χ0v) is 18.5. The zero-order chi connectivity index (χ0) is 22.7. The largest absolute Gasteiger partial charge is 0.447 e. The van der Waals surface area contributed by atoms with Gasteiger partial charge in [-0.25, -0.2) is 9.18 Å². The number of morpholine rings is 1. The summed E-state index contributed by atoms with van der Waals surface area (Å²) in [5, 5.41) is 3.23. The number of nitrogens with zero attached hydrogens (tertiary/aromatic N) is 2. The molecule has 2 saturated heterocycles. The number of anilines is 1. The van der Waals surface area contributed by atoms with Gasteiger partial charge in [0.2, 0.25) is 0 Å². The summed E-state index contributed by atoms with van der Waals surface area (Å²) in [6.45, 7) is 4.71. The van der Waals surface area contributed by atoms with Crippen LogP contribution in [0.2, 0.25) is 5.02 Å². The highest BCUT2D eigenvalue weighted by Crippen LogP contribution is 2.31. The van der Waals surface area contributed by atoms with Gasteiger partial charge < -0.3 is 14.8 Å². The van der Waals surface area contributed by atoms with Gasteiger partial charge in [0.05, 0.1) is 25.3 Å². The van der Waals surface area contributed by atoms with Crippen molar-refractivity contribution in [3.05, 3.63) is 64.4 Å². The van der Waals surface area contributed by atoms with Crippen molar-refractivity contribution in [2.45, 2.75) is 19.1 Å². The van der Waals surface area contributed by atoms with E-state index in [2.05, 4.69) is 10.2 Å². The van der Waals surface area contributed by atoms with Crippen LogP contribution in [-0.2, 0) is 9.47 Å². The Balaban J connectivity index is 1.49. The number of amides is 2. The molecular weight excluding hydrogens is 437 g/mol. The van der Waals surface area contributed by atoms with E-state index < -0.39 is 18.0 Å². The molecule has 1 N–H and O–H groups in total. The van der Waals surface area contributed by atoms with Gasteiger partial charge in [-0.3, -0.25) is 14.6 Å². The number of hydrogen-bond acceptors (Lipinski definition) is 5. The summed E-state index contributed by atoms with van der Waals surface area (Å²) in [4.78, 5) is 28.1. The standard InChI is InChI=1S/C23H25ClFN3O4/c1-15-14-27(9-11-31-15)20(21-18(24)3-2-4-19(21)25)13-26-22(29)16-5-7-17(8-6-16)28-10-12-32-23(28)30/h2-8,15,20H,9-14H2,1H3,(H,26,29)/t15-,20+/m0/s1. The maximum atomic E-state index is 14.7. The van der Waals surface area contributed by atoms with Gasteiger partial charge in [0.25, 0.3) is 5.91 Å². The number of cyclic esters (lactones) is 1. The zero-order valence-electron chi connectivity index (χ0n) is 17.7. The average Bonchev–Trinajstić information content (AvgIpc) is 3.21. The molecule has 2 aromatic carbocycles. The van der Waals surface area contributed by atoms with Crippen LogP contribution in [0.1, 0.15) is 28.9 Å². The van der Waals surface area contributed by atoms with E-state index in [1.807, 2.05) is 6.92 Å². The maximum Gasteiger partial charge on any atom is 0.414 e. The first-order valence-corrected chi connectivity index (χ1v) is 10.9. The smallest absolute Gasteiger partial charge is 0.414 e. The van der Waals surface area contributed by atoms with Crippen molar-refractivity contribution in [3.63, 3.8) is 0 Å². The van der Waals surface area contributed by atoms with Crippen LogP contribution in [0.25, 0.3) is 0 Å². The van der Waals surface area contributed by atoms with E-state index in [0.717, 1.165) is 0 Å². The molecule has 2 aliphatic heterocycles. The van der Waals surface area contributed by atoms with Crippen molar-refractivity contribution >= 4 is 29.3 Å². The van der Waals surface area contributed by atoms with Crippen molar-refractivity contribution in [2.75, 3.05) is 44.3 Å². The quantitative estimate of drug-likeness (QED) is 0.711. The van der Waals surface area contributed by atoms with Gasteiger partial charge in [-0.2, -0.15) is 0 Å². The first kappa shape index (κ1) is 22.5. The van der Waals surface area contributed by atoms with Crippen LogP contribution in [0.5, 0.6) is 0 Å². The Hall–Kier alpha value is -2.68. The van der Waals surface area contributed by atoms with E-state index in [1.165, 1.54) is 11.0 Å². The van der Waals surface area contributed by atoms with Crippen molar-refractivity contribution in [1.82, 2.24) is 10.2 Å². The topological polar surface area (TPSA) is 71.1 Å². The SMILES string of the molecule is C[C@H]1CN([C@H](CNC(=O)c2ccc(N3CCOC3=O)cc2)c2c(F)cccc2Cl)CCO1. The van der Waals surface area contributed by atoms with Gasteiger partial charge in [0, 0.05) is 41.5 Å². The minimum atomic E-state index is -0.433. The second-order valence-corrected chi connectivity index (χ2v) is 8.26. The third-order valence-corrected chi connectivity index (χ3v) is 6.03. The van der Waals surface area contributed by atoms with E-state index in [0.29, 0.717) is 54.7 Å². The molecule has 2 heterocycles. The molecule has 0 unspecified atom stereocenters. The molecule has 4 rings (SSSR count). The molecule has 7 nitrogen and oxygen atoms in total. The van der Waals surface area contributed by atoms with Gasteiger partial charge in [0.15, 0.2) is 0 Å². The molecule has 2 aromatic rings. The van der Waals surface area contributed by atoms with E-state index in [1.54, 1.807) is 36.4 Å². The van der Waals surface area contributed by atoms with Crippen molar-refractivity contribution in [3.8, 4) is 0 Å². The molecule has 0 aromatic heterocycles. The lowest BCUT2D eigenvalue weighted by Gasteiger charge is -2.38. The van der Waals surface area contributed by atoms with E-state index in [4.69, 9.17) is 21.1 Å². The second-order valence-electron chi connectivity index (χ2n) is 7.85. The van der Waals surface area contributed by atoms with E-state index in [-0.39, 0.29) is 18.6 Å². The molecular formula is C23H25ClFN3O4. The lowest BCUT2D eigenvalue weighted by atomic mass is 10.0. The van der Waals surface area contributed by atoms with Crippen LogP contribution < -0.4 is 10.2 Å². The number of rotatable bonds is 6. The first-order chi connectivity index (χ1) is 15.4. The molecule has 2 amide bonds. The molecule has 2 aliphatic rings. The molecule has 170 valence electrons. The van der Waals surface area contributed by atoms with E-state index >= 15 is 0 Å². The summed E-state index contributed by atoms with van der Waals surface area (Å²) >= 11 is 6.35. The number of nitrogens with one attached hydrogen (secondary N) is 1. The third kappa shape index (κ3) is 4.87. The number of benzene rings is 2. The lowest BCUT2D eigenvalue weighted by molar-refractivity contribution is -0.0346. The van der Waals surface area contributed by atoms with Crippen molar-refractivity contribution < 1.29 is 23.5 Å². The second kappa shape index (κ2) is 9.85. The lowest BCUT2D eigenvalue weighted by Crippen LogP contribution is -2.47. The summed E-state index contributed by atoms with van der Waals surface area (Å²) in [5.41, 5.74) is 1.48. The number of carbonyl (C=O) groups excluding carboxylic acids is 2. The highest BCUT2D eigenvalue weighted by Gasteiger charge is 2.30. The molecule has 0 aliphatic carbocycles. The summed E-state index contributed by atoms with van der Waals surface area (Å²) in [7, 11) is 0. The Kier molecular flexibility index (Phi) is 6.93. The molecule has 0 spiro atoms. The van der Waals surface area contributed by atoms with Crippen LogP contribution >= 0.6 is 11.6 Å². The Bertz CT molecular complexity index is 967. The summed E-state index contributed by atoms with van der Waals surface area (Å²) in [5.74, 6) is -0.697. The third-order valence-electron chi connectivity index (χ3n) is 5.70. The molecule has 0 saturated carbocycles. The molecule has 0 bridgehead atoms. The van der Waals surface area contributed by atoms with Crippen LogP contribution in [0, 0.1) is 5.82 Å². The fraction of sp³-hybridized carbons (Fsp3) is 0.391. The predicted octanol–water partition coefficient (Wildman–Crippen LogP) is 3.63. The number of ether oxygens (including phenoxy) is 2. The normalized spacial score (nSPS) is 20.2. The number of hydrogen-bond donors (Lipinski definition) is 1. The van der Waals surface area contributed by atoms with Gasteiger partial charge in [-0.15, -0.1) is 0 Å². The van der Waals surface area contributed by atoms with Crippen LogP contribution in [0.15, 0.2) is 42.5 Å². The van der Waals surface area contributed by atoms with Crippen LogP contribution in [-0.4, -0.2) is 62.4 Å². The Labute approximate surface area is 191 Å². The number of carbonyl (C=O) groups is 2. The van der Waals surface area contributed by atoms with Gasteiger partial charge >= 0.3 is 6.09 Å². The van der Waals surface area contributed by atoms with Gasteiger partial charge in [-0.1, -0.05) is 17.7 Å². The summed E-state index contributed by atoms with van der Waals surface area (Å²) in [6.07, 6.45) is -0.399. The first-order valence-electron chi connectivity index (χ1n) is 10.6. The van der Waals surface area contributed by atoms with Gasteiger partial charge in [0.1, 0.15) is 12.4 Å². The molecule has 32 heavy (non-hydrogen) atoms. The Morgan fingerprint density at radius 3 is 2.66 bits per heavy atom. The summed E-state index contributed by atoms with van der Waals surface area (Å²) < 4.78 is 25.3. The molecule has 0 radical (unpaired) electrons. The predicted molar refractivity (Wildman–Crippen MR) is 119 cm³/mol. The average molecular weight is 462 g/mol. The maximum absolute atomic E-state index is 14.7. The Morgan fingerprint density at radius 2 is 2.00 bits per heavy atom. The monoisotopic (exact) mass is 461 g/mol. The van der Waals surface area contributed by atoms with Gasteiger partial charge in [-0.05, 0) is 43.3 Å². The Morgan fingerprint density at radius 1 is 1.22 bits per heavy atom. The highest BCUT2D eigenvalue weighted by molar-refractivity contribution is 6.31. The summed E-state index contributed by atoms with van der Waals surface area (Å²) in [6, 6.07) is 10.9. The molecule has 9 heteroatoms. The molecule has 2 fully saturated rings. The fourth-order valence-corrected chi connectivity index (χ4v) is 4.37. The fourth-order valence-electron chi connectivity index (χ4n) is 4.08. The molecule has 2 atom stereocenters. The van der Waals surface area contributed by atoms with Crippen LogP contribution in [0.3, 0.4) is 0 Å².